The highest BCUT2D eigenvalue weighted by molar-refractivity contribution is 9.10. The van der Waals surface area contributed by atoms with Gasteiger partial charge in [-0.15, -0.1) is 0 Å². The van der Waals surface area contributed by atoms with Crippen molar-refractivity contribution < 1.29 is 18.0 Å². The van der Waals surface area contributed by atoms with Crippen LogP contribution in [0.4, 0.5) is 13.2 Å². The number of alkyl halides is 3. The Labute approximate surface area is 127 Å². The summed E-state index contributed by atoms with van der Waals surface area (Å²) in [4.78, 5) is 12.1. The topological polar surface area (TPSA) is 34.9 Å². The summed E-state index contributed by atoms with van der Waals surface area (Å²) in [5.41, 5.74) is -0.409. The number of ketones is 1. The maximum absolute atomic E-state index is 13.0. The van der Waals surface area contributed by atoms with E-state index >= 15 is 0 Å². The zero-order valence-corrected chi connectivity index (χ0v) is 12.7. The van der Waals surface area contributed by atoms with Crippen LogP contribution >= 0.6 is 15.9 Å². The van der Waals surface area contributed by atoms with E-state index in [0.29, 0.717) is 6.42 Å². The van der Waals surface area contributed by atoms with E-state index in [1.807, 2.05) is 0 Å². The zero-order chi connectivity index (χ0) is 15.6. The number of carbonyl (C=O) groups excluding carboxylic acids is 1. The van der Waals surface area contributed by atoms with Crippen molar-refractivity contribution in [3.63, 3.8) is 0 Å². The molecular formula is C14H12BrF3N2O. The molecule has 0 radical (unpaired) electrons. The lowest BCUT2D eigenvalue weighted by Gasteiger charge is -2.12. The van der Waals surface area contributed by atoms with Crippen molar-refractivity contribution in [2.75, 3.05) is 0 Å². The van der Waals surface area contributed by atoms with Crippen LogP contribution in [0, 0.1) is 0 Å². The number of aryl methyl sites for hydroxylation is 2. The molecule has 0 spiro atoms. The van der Waals surface area contributed by atoms with E-state index in [0.717, 1.165) is 11.8 Å². The second-order valence-electron chi connectivity index (χ2n) is 4.56. The van der Waals surface area contributed by atoms with Crippen LogP contribution in [0.15, 0.2) is 34.9 Å². The molecule has 0 aliphatic carbocycles. The minimum absolute atomic E-state index is 0.00421. The summed E-state index contributed by atoms with van der Waals surface area (Å²) in [6.45, 7) is 0. The lowest BCUT2D eigenvalue weighted by Crippen LogP contribution is -2.14. The van der Waals surface area contributed by atoms with Gasteiger partial charge in [-0.2, -0.15) is 18.3 Å². The van der Waals surface area contributed by atoms with Crippen LogP contribution in [0.1, 0.15) is 28.0 Å². The van der Waals surface area contributed by atoms with Crippen molar-refractivity contribution in [2.24, 2.45) is 7.05 Å². The summed E-state index contributed by atoms with van der Waals surface area (Å²) in [5.74, 6) is -0.531. The molecule has 0 saturated heterocycles. The largest absolute Gasteiger partial charge is 0.417 e. The predicted octanol–water partition coefficient (Wildman–Crippen LogP) is 4.02. The van der Waals surface area contributed by atoms with Crippen LogP contribution in [0.3, 0.4) is 0 Å². The van der Waals surface area contributed by atoms with Gasteiger partial charge in [0.25, 0.3) is 0 Å². The van der Waals surface area contributed by atoms with Gasteiger partial charge in [0.1, 0.15) is 0 Å². The van der Waals surface area contributed by atoms with Crippen molar-refractivity contribution in [3.05, 3.63) is 51.8 Å². The Morgan fingerprint density at radius 2 is 2.05 bits per heavy atom. The third-order valence-corrected chi connectivity index (χ3v) is 3.61. The normalized spacial score (nSPS) is 11.7. The summed E-state index contributed by atoms with van der Waals surface area (Å²) >= 11 is 3.00. The summed E-state index contributed by atoms with van der Waals surface area (Å²) in [7, 11) is 1.72. The molecule has 0 aliphatic rings. The highest BCUT2D eigenvalue weighted by Gasteiger charge is 2.35. The van der Waals surface area contributed by atoms with E-state index in [4.69, 9.17) is 0 Å². The average molecular weight is 361 g/mol. The van der Waals surface area contributed by atoms with E-state index in [-0.39, 0.29) is 16.5 Å². The molecule has 0 fully saturated rings. The van der Waals surface area contributed by atoms with Gasteiger partial charge in [-0.1, -0.05) is 15.9 Å². The van der Waals surface area contributed by atoms with Crippen molar-refractivity contribution in [3.8, 4) is 0 Å². The monoisotopic (exact) mass is 360 g/mol. The molecule has 0 atom stereocenters. The number of benzene rings is 1. The second kappa shape index (κ2) is 6.01. The Morgan fingerprint density at radius 3 is 2.62 bits per heavy atom. The molecule has 0 N–H and O–H groups in total. The first kappa shape index (κ1) is 15.8. The van der Waals surface area contributed by atoms with E-state index in [1.165, 1.54) is 12.1 Å². The van der Waals surface area contributed by atoms with E-state index in [2.05, 4.69) is 21.0 Å². The molecule has 0 aliphatic heterocycles. The van der Waals surface area contributed by atoms with E-state index in [9.17, 15) is 18.0 Å². The van der Waals surface area contributed by atoms with Gasteiger partial charge in [-0.05, 0) is 30.7 Å². The molecule has 1 aromatic heterocycles. The van der Waals surface area contributed by atoms with Crippen LogP contribution in [0.25, 0.3) is 0 Å². The molecule has 112 valence electrons. The van der Waals surface area contributed by atoms with Gasteiger partial charge in [0, 0.05) is 35.4 Å². The molecule has 0 saturated carbocycles. The van der Waals surface area contributed by atoms with Crippen molar-refractivity contribution in [1.29, 1.82) is 0 Å². The first-order chi connectivity index (χ1) is 9.79. The molecule has 0 bridgehead atoms. The van der Waals surface area contributed by atoms with Crippen LogP contribution in [-0.4, -0.2) is 15.6 Å². The SMILES string of the molecule is Cn1nccc1CCC(=O)c1ccc(Br)cc1C(F)(F)F. The highest BCUT2D eigenvalue weighted by atomic mass is 79.9. The molecule has 1 aromatic carbocycles. The molecule has 7 heteroatoms. The van der Waals surface area contributed by atoms with Gasteiger partial charge in [-0.3, -0.25) is 9.48 Å². The van der Waals surface area contributed by atoms with Crippen LogP contribution in [-0.2, 0) is 19.6 Å². The summed E-state index contributed by atoms with van der Waals surface area (Å²) < 4.78 is 40.8. The molecular weight excluding hydrogens is 349 g/mol. The lowest BCUT2D eigenvalue weighted by atomic mass is 9.99. The van der Waals surface area contributed by atoms with Gasteiger partial charge in [0.05, 0.1) is 5.56 Å². The summed E-state index contributed by atoms with van der Waals surface area (Å²) in [6.07, 6.45) is -2.62. The van der Waals surface area contributed by atoms with Crippen molar-refractivity contribution in [1.82, 2.24) is 9.78 Å². The average Bonchev–Trinajstić information content (AvgIpc) is 2.80. The Balaban J connectivity index is 2.21. The van der Waals surface area contributed by atoms with Gasteiger partial charge >= 0.3 is 6.18 Å². The smallest absolute Gasteiger partial charge is 0.294 e. The van der Waals surface area contributed by atoms with E-state index < -0.39 is 17.5 Å². The number of rotatable bonds is 4. The fourth-order valence-electron chi connectivity index (χ4n) is 2.02. The molecule has 0 unspecified atom stereocenters. The van der Waals surface area contributed by atoms with E-state index in [1.54, 1.807) is 24.0 Å². The number of halogens is 4. The second-order valence-corrected chi connectivity index (χ2v) is 5.47. The fraction of sp³-hybridized carbons (Fsp3) is 0.286. The fourth-order valence-corrected chi connectivity index (χ4v) is 2.38. The van der Waals surface area contributed by atoms with Gasteiger partial charge in [0.15, 0.2) is 5.78 Å². The van der Waals surface area contributed by atoms with Crippen molar-refractivity contribution in [2.45, 2.75) is 19.0 Å². The Hall–Kier alpha value is -1.63. The molecule has 21 heavy (non-hydrogen) atoms. The van der Waals surface area contributed by atoms with Crippen LogP contribution in [0.2, 0.25) is 0 Å². The Bertz CT molecular complexity index is 664. The summed E-state index contributed by atoms with van der Waals surface area (Å²) in [5, 5.41) is 3.95. The minimum Gasteiger partial charge on any atom is -0.294 e. The number of carbonyl (C=O) groups is 1. The molecule has 2 rings (SSSR count). The Morgan fingerprint density at radius 1 is 1.33 bits per heavy atom. The number of hydrogen-bond donors (Lipinski definition) is 0. The van der Waals surface area contributed by atoms with Crippen molar-refractivity contribution >= 4 is 21.7 Å². The first-order valence-electron chi connectivity index (χ1n) is 6.16. The Kier molecular flexibility index (Phi) is 4.51. The first-order valence-corrected chi connectivity index (χ1v) is 6.95. The third-order valence-electron chi connectivity index (χ3n) is 3.12. The number of Topliss-reactive ketones (excluding diaryl/α,β-unsaturated/α-hetero) is 1. The molecule has 3 nitrogen and oxygen atoms in total. The maximum atomic E-state index is 13.0. The molecule has 0 amide bonds. The molecule has 1 heterocycles. The maximum Gasteiger partial charge on any atom is 0.417 e. The van der Waals surface area contributed by atoms with Gasteiger partial charge < -0.3 is 0 Å². The highest BCUT2D eigenvalue weighted by Crippen LogP contribution is 2.34. The van der Waals surface area contributed by atoms with Gasteiger partial charge in [0.2, 0.25) is 0 Å². The lowest BCUT2D eigenvalue weighted by molar-refractivity contribution is -0.138. The van der Waals surface area contributed by atoms with Crippen LogP contribution in [0.5, 0.6) is 0 Å². The number of aromatic nitrogens is 2. The minimum atomic E-state index is -4.55. The third kappa shape index (κ3) is 3.72. The predicted molar refractivity (Wildman–Crippen MR) is 75.0 cm³/mol. The quantitative estimate of drug-likeness (QED) is 0.772. The standard InChI is InChI=1S/C14H12BrF3N2O/c1-20-10(6-7-19-20)3-5-13(21)11-4-2-9(15)8-12(11)14(16,17)18/h2,4,6-8H,3,5H2,1H3. The van der Waals surface area contributed by atoms with Crippen LogP contribution < -0.4 is 0 Å². The molecule has 2 aromatic rings. The summed E-state index contributed by atoms with van der Waals surface area (Å²) in [6, 6.07) is 5.31. The number of nitrogens with zero attached hydrogens (tertiary/aromatic N) is 2. The van der Waals surface area contributed by atoms with Gasteiger partial charge in [-0.25, -0.2) is 0 Å². The zero-order valence-electron chi connectivity index (χ0n) is 11.1. The number of hydrogen-bond acceptors (Lipinski definition) is 2.